The average Bonchev–Trinajstić information content (AvgIpc) is 2.55. The number of aromatic nitrogens is 2. The van der Waals surface area contributed by atoms with Crippen molar-refractivity contribution in [2.45, 2.75) is 72.6 Å². The molecule has 0 atom stereocenters. The van der Waals surface area contributed by atoms with Gasteiger partial charge in [-0.15, -0.1) is 0 Å². The fourth-order valence-corrected chi connectivity index (χ4v) is 18.2. The van der Waals surface area contributed by atoms with Crippen molar-refractivity contribution >= 4 is 27.9 Å². The summed E-state index contributed by atoms with van der Waals surface area (Å²) in [7, 11) is 1.91. The van der Waals surface area contributed by atoms with Gasteiger partial charge < -0.3 is 0 Å². The van der Waals surface area contributed by atoms with Gasteiger partial charge in [-0.25, -0.2) is 0 Å². The molecule has 0 aliphatic carbocycles. The van der Waals surface area contributed by atoms with E-state index in [0.29, 0.717) is 0 Å². The molecule has 0 aromatic carbocycles. The molecule has 0 bridgehead atoms. The first-order chi connectivity index (χ1) is 10.2. The summed E-state index contributed by atoms with van der Waals surface area (Å²) in [5.41, 5.74) is 0. The standard InChI is InChI=1S/C5H6N3.3C4H9.Sn/c1-6-5-3-2-4-7-8-5;3*1-3-4-2;/h2-3H,1H3,(H,6,8);3*1,3-4H2,2H3;. The van der Waals surface area contributed by atoms with E-state index in [1.165, 1.54) is 55.5 Å². The molecule has 1 N–H and O–H groups in total. The Balaban J connectivity index is 3.02. The Bertz CT molecular complexity index is 356. The molecule has 0 fully saturated rings. The maximum atomic E-state index is 4.66. The third kappa shape index (κ3) is 5.76. The number of nitrogens with one attached hydrogen (secondary N) is 1. The molecule has 0 saturated heterocycles. The van der Waals surface area contributed by atoms with Gasteiger partial charge in [-0.2, -0.15) is 0 Å². The van der Waals surface area contributed by atoms with Gasteiger partial charge in [0.25, 0.3) is 0 Å². The first-order valence-electron chi connectivity index (χ1n) is 8.74. The molecule has 21 heavy (non-hydrogen) atoms. The zero-order chi connectivity index (χ0) is 15.6. The number of anilines is 1. The van der Waals surface area contributed by atoms with Crippen LogP contribution in [-0.4, -0.2) is 35.6 Å². The molecule has 1 aromatic rings. The minimum absolute atomic E-state index is 0.889. The van der Waals surface area contributed by atoms with Crippen molar-refractivity contribution in [1.82, 2.24) is 10.2 Å². The first-order valence-corrected chi connectivity index (χ1v) is 16.2. The number of hydrogen-bond donors (Lipinski definition) is 1. The molecule has 0 saturated carbocycles. The van der Waals surface area contributed by atoms with Crippen LogP contribution in [0.15, 0.2) is 12.1 Å². The van der Waals surface area contributed by atoms with E-state index >= 15 is 0 Å². The first kappa shape index (κ1) is 18.7. The second-order valence-corrected chi connectivity index (χ2v) is 19.2. The molecular formula is C17H33N3Sn. The molecule has 0 unspecified atom stereocenters. The number of unbranched alkanes of at least 4 members (excludes halogenated alkanes) is 3. The van der Waals surface area contributed by atoms with Crippen LogP contribution in [-0.2, 0) is 0 Å². The molecule has 0 radical (unpaired) electrons. The zero-order valence-electron chi connectivity index (χ0n) is 14.4. The Morgan fingerprint density at radius 3 is 1.71 bits per heavy atom. The van der Waals surface area contributed by atoms with Crippen molar-refractivity contribution in [3.05, 3.63) is 12.1 Å². The molecule has 1 heterocycles. The normalized spacial score (nSPS) is 11.6. The Kier molecular flexibility index (Phi) is 9.29. The van der Waals surface area contributed by atoms with Crippen LogP contribution >= 0.6 is 0 Å². The molecule has 0 aliphatic rings. The summed E-state index contributed by atoms with van der Waals surface area (Å²) in [6.45, 7) is 6.93. The van der Waals surface area contributed by atoms with E-state index in [1.807, 2.05) is 7.05 Å². The topological polar surface area (TPSA) is 37.8 Å². The van der Waals surface area contributed by atoms with E-state index in [4.69, 9.17) is 0 Å². The maximum absolute atomic E-state index is 4.66. The Morgan fingerprint density at radius 1 is 0.857 bits per heavy atom. The molecule has 1 aromatic heterocycles. The molecular weight excluding hydrogens is 365 g/mol. The summed E-state index contributed by atoms with van der Waals surface area (Å²) in [5, 5.41) is 12.1. The molecule has 0 aliphatic heterocycles. The van der Waals surface area contributed by atoms with E-state index in [2.05, 4.69) is 48.4 Å². The predicted octanol–water partition coefficient (Wildman–Crippen LogP) is 4.57. The molecule has 4 heteroatoms. The van der Waals surface area contributed by atoms with Crippen molar-refractivity contribution < 1.29 is 0 Å². The van der Waals surface area contributed by atoms with Crippen molar-refractivity contribution in [3.8, 4) is 0 Å². The van der Waals surface area contributed by atoms with Gasteiger partial charge in [-0.3, -0.25) is 0 Å². The van der Waals surface area contributed by atoms with Gasteiger partial charge in [0.1, 0.15) is 0 Å². The van der Waals surface area contributed by atoms with Crippen LogP contribution in [0, 0.1) is 0 Å². The Morgan fingerprint density at radius 2 is 1.38 bits per heavy atom. The van der Waals surface area contributed by atoms with Crippen LogP contribution in [0.1, 0.15) is 59.3 Å². The number of rotatable bonds is 11. The fraction of sp³-hybridized carbons (Fsp3) is 0.765. The molecule has 1 rings (SSSR count). The molecule has 3 nitrogen and oxygen atoms in total. The van der Waals surface area contributed by atoms with E-state index < -0.39 is 18.4 Å². The van der Waals surface area contributed by atoms with Crippen molar-refractivity contribution in [2.24, 2.45) is 0 Å². The van der Waals surface area contributed by atoms with Gasteiger partial charge in [0.15, 0.2) is 0 Å². The minimum atomic E-state index is -2.35. The van der Waals surface area contributed by atoms with Gasteiger partial charge in [0, 0.05) is 0 Å². The van der Waals surface area contributed by atoms with Crippen LogP contribution in [0.2, 0.25) is 13.3 Å². The fourth-order valence-electron chi connectivity index (χ4n) is 3.05. The van der Waals surface area contributed by atoms with E-state index in [-0.39, 0.29) is 0 Å². The van der Waals surface area contributed by atoms with Crippen molar-refractivity contribution in [1.29, 1.82) is 0 Å². The summed E-state index contributed by atoms with van der Waals surface area (Å²) in [4.78, 5) is 0. The van der Waals surface area contributed by atoms with E-state index in [1.54, 1.807) is 0 Å². The van der Waals surface area contributed by atoms with Gasteiger partial charge in [0.05, 0.1) is 0 Å². The van der Waals surface area contributed by atoms with Gasteiger partial charge in [-0.1, -0.05) is 0 Å². The van der Waals surface area contributed by atoms with Gasteiger partial charge in [-0.05, 0) is 0 Å². The second kappa shape index (κ2) is 10.4. The molecule has 0 spiro atoms. The molecule has 0 amide bonds. The number of nitrogens with zero attached hydrogens (tertiary/aromatic N) is 2. The zero-order valence-corrected chi connectivity index (χ0v) is 17.3. The van der Waals surface area contributed by atoms with Crippen molar-refractivity contribution in [3.63, 3.8) is 0 Å². The summed E-state index contributed by atoms with van der Waals surface area (Å²) < 4.78 is 5.79. The monoisotopic (exact) mass is 399 g/mol. The van der Waals surface area contributed by atoms with Crippen LogP contribution < -0.4 is 9.03 Å². The summed E-state index contributed by atoms with van der Waals surface area (Å²) in [5.74, 6) is 0.889. The summed E-state index contributed by atoms with van der Waals surface area (Å²) in [6, 6.07) is 4.41. The third-order valence-electron chi connectivity index (χ3n) is 4.49. The summed E-state index contributed by atoms with van der Waals surface area (Å²) >= 11 is -2.35. The van der Waals surface area contributed by atoms with Gasteiger partial charge >= 0.3 is 135 Å². The van der Waals surface area contributed by atoms with E-state index in [9.17, 15) is 0 Å². The van der Waals surface area contributed by atoms with Crippen LogP contribution in [0.5, 0.6) is 0 Å². The van der Waals surface area contributed by atoms with Crippen LogP contribution in [0.25, 0.3) is 0 Å². The van der Waals surface area contributed by atoms with Crippen LogP contribution in [0.3, 0.4) is 0 Å². The second-order valence-electron chi connectivity index (χ2n) is 6.14. The van der Waals surface area contributed by atoms with Crippen LogP contribution in [0.4, 0.5) is 5.82 Å². The Labute approximate surface area is 135 Å². The predicted molar refractivity (Wildman–Crippen MR) is 96.1 cm³/mol. The van der Waals surface area contributed by atoms with Crippen molar-refractivity contribution in [2.75, 3.05) is 12.4 Å². The summed E-state index contributed by atoms with van der Waals surface area (Å²) in [6.07, 6.45) is 8.04. The SMILES string of the molecule is CCC[CH2][Sn]([CH2]CCC)([CH2]CCC)[c]1ccc(NC)nn1. The molecule has 120 valence electrons. The quantitative estimate of drug-likeness (QED) is 0.555. The van der Waals surface area contributed by atoms with E-state index in [0.717, 1.165) is 5.82 Å². The Hall–Kier alpha value is -0.321. The van der Waals surface area contributed by atoms with Gasteiger partial charge in [0.2, 0.25) is 0 Å². The number of hydrogen-bond acceptors (Lipinski definition) is 3. The third-order valence-corrected chi connectivity index (χ3v) is 19.6. The average molecular weight is 398 g/mol.